The maximum Gasteiger partial charge on any atom is 0.340 e. The summed E-state index contributed by atoms with van der Waals surface area (Å²) in [5, 5.41) is 8.95. The SMILES string of the molecule is Fc1cccc(-n2nc(-c3ccccc3)n[n+]2-c2cccc(F)c2)c1. The number of aromatic nitrogens is 4. The first kappa shape index (κ1) is 15.1. The Balaban J connectivity index is 1.93. The fourth-order valence-electron chi connectivity index (χ4n) is 2.52. The van der Waals surface area contributed by atoms with Gasteiger partial charge in [0.05, 0.1) is 10.7 Å². The molecule has 0 aliphatic heterocycles. The third-order valence-electron chi connectivity index (χ3n) is 3.67. The Bertz CT molecular complexity index is 966. The number of tetrazole rings is 1. The van der Waals surface area contributed by atoms with Crippen molar-refractivity contribution in [1.82, 2.24) is 15.0 Å². The van der Waals surface area contributed by atoms with E-state index < -0.39 is 0 Å². The van der Waals surface area contributed by atoms with E-state index in [1.165, 1.54) is 33.9 Å². The molecule has 6 heteroatoms. The van der Waals surface area contributed by atoms with E-state index in [2.05, 4.69) is 10.2 Å². The molecule has 0 bridgehead atoms. The molecule has 0 unspecified atom stereocenters. The van der Waals surface area contributed by atoms with E-state index in [9.17, 15) is 8.78 Å². The molecule has 0 saturated heterocycles. The summed E-state index contributed by atoms with van der Waals surface area (Å²) in [6, 6.07) is 21.4. The molecule has 4 nitrogen and oxygen atoms in total. The van der Waals surface area contributed by atoms with Gasteiger partial charge in [0, 0.05) is 16.9 Å². The smallest absolute Gasteiger partial charge is 0.207 e. The number of halogens is 2. The maximum absolute atomic E-state index is 13.7. The first-order valence-corrected chi connectivity index (χ1v) is 7.68. The minimum atomic E-state index is -0.389. The molecule has 0 radical (unpaired) electrons. The van der Waals surface area contributed by atoms with Gasteiger partial charge in [-0.25, -0.2) is 8.78 Å². The van der Waals surface area contributed by atoms with Crippen LogP contribution >= 0.6 is 0 Å². The van der Waals surface area contributed by atoms with Crippen molar-refractivity contribution < 1.29 is 13.6 Å². The van der Waals surface area contributed by atoms with Gasteiger partial charge < -0.3 is 0 Å². The van der Waals surface area contributed by atoms with Crippen LogP contribution < -0.4 is 4.80 Å². The summed E-state index contributed by atoms with van der Waals surface area (Å²) in [6.07, 6.45) is 0. The normalized spacial score (nSPS) is 10.8. The lowest BCUT2D eigenvalue weighted by Crippen LogP contribution is -2.43. The standard InChI is InChI=1S/C19H13F2N4/c20-15-8-4-10-17(12-15)24-22-19(14-6-2-1-3-7-14)23-25(24)18-11-5-9-16(21)13-18/h1-13H/q+1. The van der Waals surface area contributed by atoms with E-state index >= 15 is 0 Å². The van der Waals surface area contributed by atoms with Crippen molar-refractivity contribution in [3.05, 3.63) is 90.5 Å². The lowest BCUT2D eigenvalue weighted by molar-refractivity contribution is -0.734. The first-order valence-electron chi connectivity index (χ1n) is 7.68. The van der Waals surface area contributed by atoms with Crippen molar-refractivity contribution in [3.8, 4) is 22.8 Å². The summed E-state index contributed by atoms with van der Waals surface area (Å²) >= 11 is 0. The number of hydrogen-bond donors (Lipinski definition) is 0. The van der Waals surface area contributed by atoms with Gasteiger partial charge in [-0.2, -0.15) is 0 Å². The molecule has 4 rings (SSSR count). The van der Waals surface area contributed by atoms with Crippen LogP contribution in [0.5, 0.6) is 0 Å². The predicted molar refractivity (Wildman–Crippen MR) is 88.2 cm³/mol. The minimum absolute atomic E-state index is 0.389. The largest absolute Gasteiger partial charge is 0.340 e. The molecule has 0 aliphatic carbocycles. The van der Waals surface area contributed by atoms with E-state index in [1.807, 2.05) is 30.3 Å². The molecule has 25 heavy (non-hydrogen) atoms. The van der Waals surface area contributed by atoms with Crippen LogP contribution in [-0.4, -0.2) is 15.0 Å². The Labute approximate surface area is 142 Å². The molecule has 0 N–H and O–H groups in total. The van der Waals surface area contributed by atoms with Crippen molar-refractivity contribution in [2.45, 2.75) is 0 Å². The van der Waals surface area contributed by atoms with E-state index in [0.29, 0.717) is 17.2 Å². The third kappa shape index (κ3) is 3.01. The van der Waals surface area contributed by atoms with Crippen LogP contribution in [0.3, 0.4) is 0 Å². The Morgan fingerprint density at radius 2 is 1.48 bits per heavy atom. The second-order valence-electron chi connectivity index (χ2n) is 5.43. The molecule has 0 atom stereocenters. The molecule has 3 aromatic carbocycles. The van der Waals surface area contributed by atoms with Crippen LogP contribution in [-0.2, 0) is 0 Å². The van der Waals surface area contributed by atoms with Gasteiger partial charge in [-0.05, 0) is 46.3 Å². The van der Waals surface area contributed by atoms with Gasteiger partial charge in [0.25, 0.3) is 0 Å². The fourth-order valence-corrected chi connectivity index (χ4v) is 2.52. The topological polar surface area (TPSA) is 34.6 Å². The number of nitrogens with zero attached hydrogens (tertiary/aromatic N) is 4. The molecule has 0 amide bonds. The Hall–Kier alpha value is -3.41. The Morgan fingerprint density at radius 1 is 0.760 bits per heavy atom. The zero-order valence-electron chi connectivity index (χ0n) is 13.1. The van der Waals surface area contributed by atoms with Crippen LogP contribution in [0.25, 0.3) is 22.8 Å². The highest BCUT2D eigenvalue weighted by molar-refractivity contribution is 5.53. The zero-order chi connectivity index (χ0) is 17.2. The van der Waals surface area contributed by atoms with Gasteiger partial charge in [0.15, 0.2) is 5.69 Å². The van der Waals surface area contributed by atoms with Crippen LogP contribution in [0.15, 0.2) is 78.9 Å². The van der Waals surface area contributed by atoms with Crippen LogP contribution in [0.4, 0.5) is 8.78 Å². The van der Waals surface area contributed by atoms with Gasteiger partial charge in [-0.3, -0.25) is 0 Å². The highest BCUT2D eigenvalue weighted by Crippen LogP contribution is 2.15. The second kappa shape index (κ2) is 6.24. The van der Waals surface area contributed by atoms with Crippen molar-refractivity contribution in [3.63, 3.8) is 0 Å². The summed E-state index contributed by atoms with van der Waals surface area (Å²) < 4.78 is 27.3. The van der Waals surface area contributed by atoms with Gasteiger partial charge in [0.2, 0.25) is 0 Å². The predicted octanol–water partition coefficient (Wildman–Crippen LogP) is 3.49. The van der Waals surface area contributed by atoms with E-state index in [-0.39, 0.29) is 11.6 Å². The molecule has 0 fully saturated rings. The zero-order valence-corrected chi connectivity index (χ0v) is 13.1. The Kier molecular flexibility index (Phi) is 3.78. The van der Waals surface area contributed by atoms with E-state index in [4.69, 9.17) is 0 Å². The lowest BCUT2D eigenvalue weighted by atomic mass is 10.2. The molecular formula is C19H13F2N4+. The molecule has 0 saturated carbocycles. The van der Waals surface area contributed by atoms with Crippen molar-refractivity contribution in [2.24, 2.45) is 0 Å². The van der Waals surface area contributed by atoms with Gasteiger partial charge in [-0.15, -0.1) is 0 Å². The summed E-state index contributed by atoms with van der Waals surface area (Å²) in [7, 11) is 0. The van der Waals surface area contributed by atoms with E-state index in [1.54, 1.807) is 24.3 Å². The highest BCUT2D eigenvalue weighted by Gasteiger charge is 2.23. The second-order valence-corrected chi connectivity index (χ2v) is 5.43. The van der Waals surface area contributed by atoms with Gasteiger partial charge in [0.1, 0.15) is 17.3 Å². The van der Waals surface area contributed by atoms with Crippen molar-refractivity contribution >= 4 is 0 Å². The average Bonchev–Trinajstić information content (AvgIpc) is 3.08. The maximum atomic E-state index is 13.7. The number of hydrogen-bond acceptors (Lipinski definition) is 2. The molecular weight excluding hydrogens is 322 g/mol. The molecule has 122 valence electrons. The van der Waals surface area contributed by atoms with E-state index in [0.717, 1.165) is 5.56 Å². The molecule has 0 spiro atoms. The quantitative estimate of drug-likeness (QED) is 0.537. The number of benzene rings is 3. The third-order valence-corrected chi connectivity index (χ3v) is 3.67. The fraction of sp³-hybridized carbons (Fsp3) is 0. The van der Waals surface area contributed by atoms with Gasteiger partial charge in [-0.1, -0.05) is 30.3 Å². The molecule has 0 aliphatic rings. The Morgan fingerprint density at radius 3 is 2.20 bits per heavy atom. The minimum Gasteiger partial charge on any atom is -0.207 e. The molecule has 4 aromatic rings. The monoisotopic (exact) mass is 335 g/mol. The molecule has 1 aromatic heterocycles. The summed E-state index contributed by atoms with van der Waals surface area (Å²) in [4.78, 5) is 2.89. The van der Waals surface area contributed by atoms with Crippen LogP contribution in [0.2, 0.25) is 0 Å². The molecule has 1 heterocycles. The number of rotatable bonds is 3. The van der Waals surface area contributed by atoms with Crippen LogP contribution in [0, 0.1) is 11.6 Å². The summed E-state index contributed by atoms with van der Waals surface area (Å²) in [6.45, 7) is 0. The van der Waals surface area contributed by atoms with Crippen molar-refractivity contribution in [1.29, 1.82) is 0 Å². The lowest BCUT2D eigenvalue weighted by Gasteiger charge is -2.00. The highest BCUT2D eigenvalue weighted by atomic mass is 19.1. The summed E-state index contributed by atoms with van der Waals surface area (Å²) in [5.41, 5.74) is 1.78. The average molecular weight is 335 g/mol. The van der Waals surface area contributed by atoms with Crippen molar-refractivity contribution in [2.75, 3.05) is 0 Å². The van der Waals surface area contributed by atoms with Crippen LogP contribution in [0.1, 0.15) is 0 Å². The first-order chi connectivity index (χ1) is 12.2. The summed E-state index contributed by atoms with van der Waals surface area (Å²) in [5.74, 6) is -0.325. The van der Waals surface area contributed by atoms with Gasteiger partial charge >= 0.3 is 5.82 Å².